The zero-order valence-electron chi connectivity index (χ0n) is 13.8. The van der Waals surface area contributed by atoms with E-state index in [0.717, 1.165) is 17.3 Å². The van der Waals surface area contributed by atoms with Crippen LogP contribution in [0.25, 0.3) is 0 Å². The second-order valence-electron chi connectivity index (χ2n) is 5.80. The summed E-state index contributed by atoms with van der Waals surface area (Å²) in [5.74, 6) is -1.70. The van der Waals surface area contributed by atoms with Gasteiger partial charge in [-0.1, -0.05) is 42.1 Å². The van der Waals surface area contributed by atoms with Crippen LogP contribution in [0.3, 0.4) is 0 Å². The molecule has 0 unspecified atom stereocenters. The SMILES string of the molecule is O=C(O)[C@@H]1CC(=O)N(CCc2ccccc2)C(=Nc2ccc(F)cc2)S1. The Morgan fingerprint density at radius 3 is 2.54 bits per heavy atom. The lowest BCUT2D eigenvalue weighted by Crippen LogP contribution is -2.44. The number of aliphatic carboxylic acids is 1. The van der Waals surface area contributed by atoms with Crippen molar-refractivity contribution in [2.45, 2.75) is 18.1 Å². The first-order valence-corrected chi connectivity index (χ1v) is 8.99. The van der Waals surface area contributed by atoms with Crippen LogP contribution in [0.1, 0.15) is 12.0 Å². The predicted molar refractivity (Wildman–Crippen MR) is 99.0 cm³/mol. The van der Waals surface area contributed by atoms with Gasteiger partial charge in [0.1, 0.15) is 11.1 Å². The fourth-order valence-electron chi connectivity index (χ4n) is 2.56. The van der Waals surface area contributed by atoms with Crippen LogP contribution in [-0.4, -0.2) is 38.8 Å². The number of amidine groups is 1. The zero-order valence-corrected chi connectivity index (χ0v) is 14.7. The van der Waals surface area contributed by atoms with Crippen LogP contribution in [0.5, 0.6) is 0 Å². The topological polar surface area (TPSA) is 70.0 Å². The molecule has 1 saturated heterocycles. The van der Waals surface area contributed by atoms with E-state index in [-0.39, 0.29) is 18.1 Å². The van der Waals surface area contributed by atoms with E-state index in [1.165, 1.54) is 29.2 Å². The average Bonchev–Trinajstić information content (AvgIpc) is 2.63. The fourth-order valence-corrected chi connectivity index (χ4v) is 3.62. The highest BCUT2D eigenvalue weighted by molar-refractivity contribution is 8.15. The van der Waals surface area contributed by atoms with Crippen LogP contribution in [0.2, 0.25) is 0 Å². The van der Waals surface area contributed by atoms with Crippen molar-refractivity contribution in [2.24, 2.45) is 4.99 Å². The Morgan fingerprint density at radius 1 is 1.19 bits per heavy atom. The highest BCUT2D eigenvalue weighted by Gasteiger charge is 2.35. The van der Waals surface area contributed by atoms with Crippen molar-refractivity contribution in [1.29, 1.82) is 0 Å². The maximum absolute atomic E-state index is 13.1. The molecule has 0 aromatic heterocycles. The number of carboxylic acids is 1. The Hall–Kier alpha value is -2.67. The van der Waals surface area contributed by atoms with Crippen molar-refractivity contribution in [3.8, 4) is 0 Å². The first kappa shape index (κ1) is 18.1. The number of rotatable bonds is 5. The number of carboxylic acid groups (broad SMARTS) is 1. The van der Waals surface area contributed by atoms with Crippen LogP contribution in [0.15, 0.2) is 59.6 Å². The molecule has 0 saturated carbocycles. The van der Waals surface area contributed by atoms with Gasteiger partial charge in [0, 0.05) is 6.54 Å². The van der Waals surface area contributed by atoms with E-state index in [1.54, 1.807) is 0 Å². The van der Waals surface area contributed by atoms with Gasteiger partial charge in [0.05, 0.1) is 12.1 Å². The molecule has 1 heterocycles. The van der Waals surface area contributed by atoms with Crippen LogP contribution in [-0.2, 0) is 16.0 Å². The molecule has 1 aliphatic heterocycles. The first-order valence-electron chi connectivity index (χ1n) is 8.11. The minimum atomic E-state index is -1.04. The Labute approximate surface area is 154 Å². The molecule has 1 N–H and O–H groups in total. The van der Waals surface area contributed by atoms with Crippen molar-refractivity contribution in [2.75, 3.05) is 6.54 Å². The highest BCUT2D eigenvalue weighted by atomic mass is 32.2. The minimum absolute atomic E-state index is 0.0722. The van der Waals surface area contributed by atoms with Gasteiger partial charge in [0.2, 0.25) is 5.91 Å². The molecule has 5 nitrogen and oxygen atoms in total. The smallest absolute Gasteiger partial charge is 0.317 e. The van der Waals surface area contributed by atoms with E-state index in [0.29, 0.717) is 23.8 Å². The number of thioether (sulfide) groups is 1. The van der Waals surface area contributed by atoms with Crippen molar-refractivity contribution in [3.05, 3.63) is 66.0 Å². The number of halogens is 1. The zero-order chi connectivity index (χ0) is 18.5. The van der Waals surface area contributed by atoms with Crippen molar-refractivity contribution >= 4 is 34.5 Å². The summed E-state index contributed by atoms with van der Waals surface area (Å²) in [6.07, 6.45) is 0.560. The second kappa shape index (κ2) is 8.14. The number of nitrogens with zero attached hydrogens (tertiary/aromatic N) is 2. The summed E-state index contributed by atoms with van der Waals surface area (Å²) in [6.45, 7) is 0.405. The lowest BCUT2D eigenvalue weighted by Gasteiger charge is -2.30. The van der Waals surface area contributed by atoms with E-state index in [2.05, 4.69) is 4.99 Å². The van der Waals surface area contributed by atoms with Gasteiger partial charge in [0.25, 0.3) is 0 Å². The summed E-state index contributed by atoms with van der Waals surface area (Å²) in [6, 6.07) is 15.3. The summed E-state index contributed by atoms with van der Waals surface area (Å²) in [5, 5.41) is 8.74. The molecule has 3 rings (SSSR count). The molecule has 0 aliphatic carbocycles. The molecule has 26 heavy (non-hydrogen) atoms. The van der Waals surface area contributed by atoms with Gasteiger partial charge < -0.3 is 5.11 Å². The third-order valence-electron chi connectivity index (χ3n) is 3.93. The Balaban J connectivity index is 1.84. The molecule has 0 radical (unpaired) electrons. The minimum Gasteiger partial charge on any atom is -0.480 e. The number of carbonyl (C=O) groups is 2. The maximum atomic E-state index is 13.1. The number of hydrogen-bond acceptors (Lipinski definition) is 4. The Kier molecular flexibility index (Phi) is 5.68. The predicted octanol–water partition coefficient (Wildman–Crippen LogP) is 3.47. The quantitative estimate of drug-likeness (QED) is 0.872. The molecule has 0 bridgehead atoms. The van der Waals surface area contributed by atoms with Gasteiger partial charge in [-0.3, -0.25) is 14.5 Å². The number of hydrogen-bond donors (Lipinski definition) is 1. The van der Waals surface area contributed by atoms with Gasteiger partial charge in [-0.05, 0) is 36.2 Å². The number of aliphatic imine (C=N–C) groups is 1. The van der Waals surface area contributed by atoms with Crippen LogP contribution in [0.4, 0.5) is 10.1 Å². The van der Waals surface area contributed by atoms with Gasteiger partial charge in [-0.2, -0.15) is 0 Å². The third kappa shape index (κ3) is 4.49. The second-order valence-corrected chi connectivity index (χ2v) is 6.97. The molecule has 7 heteroatoms. The summed E-state index contributed by atoms with van der Waals surface area (Å²) < 4.78 is 13.1. The summed E-state index contributed by atoms with van der Waals surface area (Å²) in [4.78, 5) is 29.7. The van der Waals surface area contributed by atoms with Crippen molar-refractivity contribution < 1.29 is 19.1 Å². The van der Waals surface area contributed by atoms with Crippen LogP contribution in [0, 0.1) is 5.82 Å². The van der Waals surface area contributed by atoms with Crippen molar-refractivity contribution in [3.63, 3.8) is 0 Å². The van der Waals surface area contributed by atoms with Crippen LogP contribution < -0.4 is 0 Å². The molecule has 1 aliphatic rings. The molecule has 1 amide bonds. The van der Waals surface area contributed by atoms with Gasteiger partial charge in [-0.15, -0.1) is 0 Å². The van der Waals surface area contributed by atoms with E-state index >= 15 is 0 Å². The lowest BCUT2D eigenvalue weighted by atomic mass is 10.1. The molecule has 2 aromatic rings. The molecular weight excluding hydrogens is 355 g/mol. The van der Waals surface area contributed by atoms with E-state index in [4.69, 9.17) is 0 Å². The Bertz CT molecular complexity index is 824. The van der Waals surface area contributed by atoms with Gasteiger partial charge >= 0.3 is 5.97 Å². The van der Waals surface area contributed by atoms with E-state index in [9.17, 15) is 19.1 Å². The van der Waals surface area contributed by atoms with E-state index in [1.807, 2.05) is 30.3 Å². The molecule has 2 aromatic carbocycles. The molecule has 1 fully saturated rings. The fraction of sp³-hybridized carbons (Fsp3) is 0.211. The summed E-state index contributed by atoms with van der Waals surface area (Å²) in [7, 11) is 0. The molecule has 134 valence electrons. The normalized spacial score (nSPS) is 19.0. The lowest BCUT2D eigenvalue weighted by molar-refractivity contribution is -0.139. The van der Waals surface area contributed by atoms with Gasteiger partial charge in [-0.25, -0.2) is 9.38 Å². The average molecular weight is 372 g/mol. The molecule has 1 atom stereocenters. The highest BCUT2D eigenvalue weighted by Crippen LogP contribution is 2.29. The monoisotopic (exact) mass is 372 g/mol. The molecule has 0 spiro atoms. The third-order valence-corrected chi connectivity index (χ3v) is 5.11. The first-order chi connectivity index (χ1) is 12.5. The number of amides is 1. The van der Waals surface area contributed by atoms with Crippen molar-refractivity contribution in [1.82, 2.24) is 4.90 Å². The summed E-state index contributed by atoms with van der Waals surface area (Å²) in [5.41, 5.74) is 1.55. The Morgan fingerprint density at radius 2 is 1.88 bits per heavy atom. The molecular formula is C19H17FN2O3S. The maximum Gasteiger partial charge on any atom is 0.317 e. The standard InChI is InChI=1S/C19H17FN2O3S/c20-14-6-8-15(9-7-14)21-19-22(11-10-13-4-2-1-3-5-13)17(23)12-16(26-19)18(24)25/h1-9,16H,10-12H2,(H,24,25)/t16-/m0/s1. The number of carbonyl (C=O) groups excluding carboxylic acids is 1. The summed E-state index contributed by atoms with van der Waals surface area (Å²) >= 11 is 1.05. The van der Waals surface area contributed by atoms with Crippen LogP contribution >= 0.6 is 11.8 Å². The largest absolute Gasteiger partial charge is 0.480 e. The van der Waals surface area contributed by atoms with Gasteiger partial charge in [0.15, 0.2) is 5.17 Å². The number of benzene rings is 2. The van der Waals surface area contributed by atoms with E-state index < -0.39 is 11.2 Å².